The summed E-state index contributed by atoms with van der Waals surface area (Å²) in [4.78, 5) is 66.9. The predicted molar refractivity (Wildman–Crippen MR) is 141 cm³/mol. The van der Waals surface area contributed by atoms with Crippen LogP contribution in [0.1, 0.15) is 33.1 Å². The van der Waals surface area contributed by atoms with Crippen LogP contribution in [0.3, 0.4) is 0 Å². The quantitative estimate of drug-likeness (QED) is 0.245. The summed E-state index contributed by atoms with van der Waals surface area (Å²) in [7, 11) is 1.64. The number of rotatable bonds is 10. The summed E-state index contributed by atoms with van der Waals surface area (Å²) >= 11 is 1.30. The van der Waals surface area contributed by atoms with E-state index in [0.717, 1.165) is 6.42 Å². The third-order valence-electron chi connectivity index (χ3n) is 8.20. The lowest BCUT2D eigenvalue weighted by molar-refractivity contribution is -0.159. The van der Waals surface area contributed by atoms with Gasteiger partial charge in [0.2, 0.25) is 17.7 Å². The number of halogens is 2. The molecule has 7 atom stereocenters. The van der Waals surface area contributed by atoms with Gasteiger partial charge in [0.1, 0.15) is 5.70 Å². The Morgan fingerprint density at radius 2 is 2.00 bits per heavy atom. The minimum Gasteiger partial charge on any atom is -0.477 e. The van der Waals surface area contributed by atoms with Gasteiger partial charge in [0, 0.05) is 67.8 Å². The van der Waals surface area contributed by atoms with Gasteiger partial charge in [0.25, 0.3) is 5.91 Å². The zero-order valence-electron chi connectivity index (χ0n) is 22.6. The summed E-state index contributed by atoms with van der Waals surface area (Å²) in [6, 6.07) is -1.98. The number of hydrogen-bond donors (Lipinski definition) is 4. The number of nitrogens with one attached hydrogen (secondary N) is 2. The minimum atomic E-state index is -3.22. The highest BCUT2D eigenvalue weighted by Crippen LogP contribution is 2.51. The smallest absolute Gasteiger partial charge is 0.353 e. The van der Waals surface area contributed by atoms with Crippen LogP contribution in [0.5, 0.6) is 0 Å². The first-order valence-corrected chi connectivity index (χ1v) is 14.3. The Morgan fingerprint density at radius 1 is 1.30 bits per heavy atom. The number of carbonyl (C=O) groups is 5. The fourth-order valence-electron chi connectivity index (χ4n) is 6.05. The molecule has 0 saturated carbocycles. The average molecular weight is 587 g/mol. The number of nitrogens with zero attached hydrogens (tertiary/aromatic N) is 3. The van der Waals surface area contributed by atoms with E-state index in [1.165, 1.54) is 28.5 Å². The molecular formula is C25H36F2N6O6S. The van der Waals surface area contributed by atoms with Gasteiger partial charge in [-0.1, -0.05) is 6.92 Å². The number of aliphatic carboxylic acids is 1. The number of β-lactam (4-membered cyclic amide) rings is 1. The lowest BCUT2D eigenvalue weighted by Gasteiger charge is -2.47. The van der Waals surface area contributed by atoms with Gasteiger partial charge in [0.15, 0.2) is 0 Å². The molecular weight excluding hydrogens is 550 g/mol. The Kier molecular flexibility index (Phi) is 9.05. The molecule has 0 bridgehead atoms. The summed E-state index contributed by atoms with van der Waals surface area (Å²) in [5.41, 5.74) is 5.73. The summed E-state index contributed by atoms with van der Waals surface area (Å²) in [5.74, 6) is -4.70. The molecule has 0 aromatic heterocycles. The third-order valence-corrected chi connectivity index (χ3v) is 9.71. The SMILES string of the molecule is C[C@@H](NC(=O)C(F)F)[C@H]1C(=O)N2C(C(=O)O)=C(S[C@@H]3CN[C@H](C(=O)N(C)CCC(=O)N4CC[C@H](N)C4)C3)[C@H](C)[C@H]12. The topological polar surface area (TPSA) is 165 Å². The number of fused-ring (bicyclic) bond motifs is 1. The number of alkyl halides is 2. The van der Waals surface area contributed by atoms with E-state index in [1.807, 2.05) is 0 Å². The van der Waals surface area contributed by atoms with Crippen LogP contribution in [-0.2, 0) is 24.0 Å². The predicted octanol–water partition coefficient (Wildman–Crippen LogP) is -0.599. The lowest BCUT2D eigenvalue weighted by Crippen LogP contribution is -2.66. The summed E-state index contributed by atoms with van der Waals surface area (Å²) in [6.45, 7) is 5.10. The van der Waals surface area contributed by atoms with Gasteiger partial charge >= 0.3 is 12.4 Å². The first-order valence-electron chi connectivity index (χ1n) is 13.4. The van der Waals surface area contributed by atoms with E-state index in [2.05, 4.69) is 10.6 Å². The van der Waals surface area contributed by atoms with Gasteiger partial charge in [-0.2, -0.15) is 8.78 Å². The van der Waals surface area contributed by atoms with Gasteiger partial charge < -0.3 is 36.2 Å². The molecule has 222 valence electrons. The van der Waals surface area contributed by atoms with Gasteiger partial charge in [-0.15, -0.1) is 11.8 Å². The molecule has 0 aliphatic carbocycles. The first kappa shape index (κ1) is 30.2. The standard InChI is InChI=1S/C25H36F2N6O6S/c1-11-18-17(12(2)30-22(35)21(26)27)24(37)33(18)19(25(38)39)20(11)40-14-8-15(29-9-14)23(36)31(3)6-5-16(34)32-7-4-13(28)10-32/h11-15,17-18,21,29H,4-10,28H2,1-3H3,(H,30,35)(H,38,39)/t11-,12-,13+,14+,15+,17-,18-/m1/s1. The highest BCUT2D eigenvalue weighted by Gasteiger charge is 2.60. The van der Waals surface area contributed by atoms with E-state index in [4.69, 9.17) is 5.73 Å². The Hall–Kier alpha value is -2.78. The van der Waals surface area contributed by atoms with E-state index in [0.29, 0.717) is 31.0 Å². The fraction of sp³-hybridized carbons (Fsp3) is 0.720. The summed E-state index contributed by atoms with van der Waals surface area (Å²) < 4.78 is 25.4. The van der Waals surface area contributed by atoms with E-state index >= 15 is 0 Å². The molecule has 4 rings (SSSR count). The Bertz CT molecular complexity index is 1110. The molecule has 0 aromatic carbocycles. The van der Waals surface area contributed by atoms with Crippen molar-refractivity contribution in [2.75, 3.05) is 33.2 Å². The number of hydrogen-bond acceptors (Lipinski definition) is 8. The highest BCUT2D eigenvalue weighted by molar-refractivity contribution is 8.03. The van der Waals surface area contributed by atoms with Gasteiger partial charge in [-0.25, -0.2) is 4.79 Å². The van der Waals surface area contributed by atoms with Crippen LogP contribution in [0, 0.1) is 11.8 Å². The van der Waals surface area contributed by atoms with Crippen molar-refractivity contribution in [3.8, 4) is 0 Å². The molecule has 0 spiro atoms. The van der Waals surface area contributed by atoms with E-state index < -0.39 is 54.2 Å². The summed E-state index contributed by atoms with van der Waals surface area (Å²) in [5, 5.41) is 15.1. The molecule has 4 amide bonds. The molecule has 0 aromatic rings. The molecule has 3 fully saturated rings. The molecule has 3 saturated heterocycles. The zero-order valence-corrected chi connectivity index (χ0v) is 23.5. The molecule has 15 heteroatoms. The number of amides is 4. The number of likely N-dealkylation sites (N-methyl/N-ethyl adjacent to an activating group) is 1. The normalized spacial score (nSPS) is 30.4. The maximum atomic E-state index is 13.0. The van der Waals surface area contributed by atoms with Crippen molar-refractivity contribution in [3.05, 3.63) is 10.6 Å². The van der Waals surface area contributed by atoms with E-state index in [9.17, 15) is 37.9 Å². The van der Waals surface area contributed by atoms with Crippen molar-refractivity contribution in [1.82, 2.24) is 25.3 Å². The van der Waals surface area contributed by atoms with Crippen LogP contribution in [0.25, 0.3) is 0 Å². The lowest BCUT2D eigenvalue weighted by atomic mass is 9.78. The van der Waals surface area contributed by atoms with Crippen molar-refractivity contribution < 1.29 is 37.9 Å². The van der Waals surface area contributed by atoms with Gasteiger partial charge in [0.05, 0.1) is 18.0 Å². The molecule has 4 aliphatic rings. The molecule has 4 heterocycles. The molecule has 0 radical (unpaired) electrons. The van der Waals surface area contributed by atoms with Crippen LogP contribution >= 0.6 is 11.8 Å². The third kappa shape index (κ3) is 5.81. The molecule has 12 nitrogen and oxygen atoms in total. The second kappa shape index (κ2) is 12.0. The van der Waals surface area contributed by atoms with Crippen molar-refractivity contribution in [2.24, 2.45) is 17.6 Å². The first-order chi connectivity index (χ1) is 18.8. The van der Waals surface area contributed by atoms with Crippen LogP contribution in [0.4, 0.5) is 8.78 Å². The number of carboxylic acid groups (broad SMARTS) is 1. The van der Waals surface area contributed by atoms with Gasteiger partial charge in [-0.3, -0.25) is 19.2 Å². The number of thioether (sulfide) groups is 1. The molecule has 40 heavy (non-hydrogen) atoms. The van der Waals surface area contributed by atoms with Crippen LogP contribution < -0.4 is 16.4 Å². The highest BCUT2D eigenvalue weighted by atomic mass is 32.2. The van der Waals surface area contributed by atoms with Crippen LogP contribution in [0.2, 0.25) is 0 Å². The van der Waals surface area contributed by atoms with Crippen molar-refractivity contribution in [3.63, 3.8) is 0 Å². The largest absolute Gasteiger partial charge is 0.477 e. The van der Waals surface area contributed by atoms with E-state index in [-0.39, 0.29) is 41.8 Å². The van der Waals surface area contributed by atoms with Gasteiger partial charge in [-0.05, 0) is 19.8 Å². The molecule has 4 aliphatic heterocycles. The number of nitrogens with two attached hydrogens (primary N) is 1. The van der Waals surface area contributed by atoms with Crippen LogP contribution in [0.15, 0.2) is 10.6 Å². The van der Waals surface area contributed by atoms with Crippen molar-refractivity contribution in [1.29, 1.82) is 0 Å². The Morgan fingerprint density at radius 3 is 2.60 bits per heavy atom. The Balaban J connectivity index is 1.34. The average Bonchev–Trinajstić information content (AvgIpc) is 3.60. The number of likely N-dealkylation sites (tertiary alicyclic amines) is 1. The Labute approximate surface area is 235 Å². The van der Waals surface area contributed by atoms with Crippen molar-refractivity contribution >= 4 is 41.4 Å². The van der Waals surface area contributed by atoms with Crippen LogP contribution in [-0.4, -0.2) is 118 Å². The minimum absolute atomic E-state index is 0.00877. The monoisotopic (exact) mass is 586 g/mol. The maximum absolute atomic E-state index is 13.0. The number of carbonyl (C=O) groups excluding carboxylic acids is 4. The van der Waals surface area contributed by atoms with Crippen molar-refractivity contribution in [2.45, 2.75) is 69.0 Å². The summed E-state index contributed by atoms with van der Waals surface area (Å²) in [6.07, 6.45) is -1.82. The second-order valence-electron chi connectivity index (χ2n) is 11.0. The number of carboxylic acids is 1. The second-order valence-corrected chi connectivity index (χ2v) is 12.3. The fourth-order valence-corrected chi connectivity index (χ4v) is 7.52. The maximum Gasteiger partial charge on any atom is 0.353 e. The van der Waals surface area contributed by atoms with E-state index in [1.54, 1.807) is 18.9 Å². The zero-order chi connectivity index (χ0) is 29.5. The molecule has 5 N–H and O–H groups in total. The molecule has 0 unspecified atom stereocenters.